The van der Waals surface area contributed by atoms with Gasteiger partial charge in [-0.2, -0.15) is 0 Å². The minimum absolute atomic E-state index is 0.194. The Morgan fingerprint density at radius 3 is 3.06 bits per heavy atom. The number of H-pyrrole nitrogens is 1. The summed E-state index contributed by atoms with van der Waals surface area (Å²) in [6, 6.07) is 5.43. The van der Waals surface area contributed by atoms with Gasteiger partial charge < -0.3 is 15.8 Å². The van der Waals surface area contributed by atoms with E-state index in [1.54, 1.807) is 13.0 Å². The molecule has 0 radical (unpaired) electrons. The van der Waals surface area contributed by atoms with Crippen LogP contribution in [0.3, 0.4) is 0 Å². The normalized spacial score (nSPS) is 14.2. The molecule has 0 aliphatic carbocycles. The second kappa shape index (κ2) is 4.73. The predicted octanol–water partition coefficient (Wildman–Crippen LogP) is 1.84. The van der Waals surface area contributed by atoms with Gasteiger partial charge in [0.05, 0.1) is 22.6 Å². The molecule has 2 rings (SSSR count). The number of rotatable bonds is 3. The molecule has 4 N–H and O–H groups in total. The molecular formula is C11H13ClN4O. The molecule has 1 aromatic carbocycles. The second-order valence-corrected chi connectivity index (χ2v) is 4.00. The highest BCUT2D eigenvalue weighted by Crippen LogP contribution is 2.21. The number of aromatic nitrogens is 2. The molecule has 2 aromatic rings. The Morgan fingerprint density at radius 1 is 1.65 bits per heavy atom. The molecule has 0 fully saturated rings. The molecule has 0 amide bonds. The lowest BCUT2D eigenvalue weighted by molar-refractivity contribution is 0.190. The molecule has 5 nitrogen and oxygen atoms in total. The number of fused-ring (bicyclic) bond motifs is 1. The largest absolute Gasteiger partial charge is 0.386 e. The first-order valence-corrected chi connectivity index (χ1v) is 5.70. The summed E-state index contributed by atoms with van der Waals surface area (Å²) in [6.07, 6.45) is -0.623. The molecule has 90 valence electrons. The molecule has 0 bridgehead atoms. The molecule has 1 atom stereocenters. The first-order chi connectivity index (χ1) is 8.10. The van der Waals surface area contributed by atoms with Gasteiger partial charge in [0.2, 0.25) is 0 Å². The third-order valence-electron chi connectivity index (χ3n) is 2.29. The van der Waals surface area contributed by atoms with Gasteiger partial charge in [0.25, 0.3) is 0 Å². The first kappa shape index (κ1) is 11.9. The zero-order valence-corrected chi connectivity index (χ0v) is 10.1. The molecule has 0 saturated heterocycles. The van der Waals surface area contributed by atoms with Crippen molar-refractivity contribution in [2.24, 2.45) is 10.7 Å². The number of hydrogen-bond donors (Lipinski definition) is 3. The summed E-state index contributed by atoms with van der Waals surface area (Å²) in [5.41, 5.74) is 7.85. The Kier molecular flexibility index (Phi) is 3.31. The molecule has 0 saturated carbocycles. The Morgan fingerprint density at radius 2 is 2.41 bits per heavy atom. The highest BCUT2D eigenvalue weighted by atomic mass is 35.5. The SMILES string of the molecule is CC(O)c1nc2ccc(N=C(N)CCl)cc2[nH]1. The third kappa shape index (κ3) is 2.57. The Bertz CT molecular complexity index is 562. The molecule has 6 heteroatoms. The van der Waals surface area contributed by atoms with Crippen molar-refractivity contribution in [1.82, 2.24) is 9.97 Å². The van der Waals surface area contributed by atoms with Gasteiger partial charge in [0.15, 0.2) is 0 Å². The predicted molar refractivity (Wildman–Crippen MR) is 68.7 cm³/mol. The molecule has 1 aromatic heterocycles. The smallest absolute Gasteiger partial charge is 0.135 e. The molecule has 1 unspecified atom stereocenters. The lowest BCUT2D eigenvalue weighted by Gasteiger charge is -1.96. The van der Waals surface area contributed by atoms with Crippen LogP contribution in [0.1, 0.15) is 18.9 Å². The van der Waals surface area contributed by atoms with E-state index in [0.717, 1.165) is 11.0 Å². The number of aromatic amines is 1. The van der Waals surface area contributed by atoms with Crippen LogP contribution in [-0.4, -0.2) is 26.8 Å². The van der Waals surface area contributed by atoms with Crippen molar-refractivity contribution >= 4 is 34.2 Å². The second-order valence-electron chi connectivity index (χ2n) is 3.74. The summed E-state index contributed by atoms with van der Waals surface area (Å²) < 4.78 is 0. The van der Waals surface area contributed by atoms with Crippen LogP contribution in [0.5, 0.6) is 0 Å². The van der Waals surface area contributed by atoms with Crippen LogP contribution in [0.2, 0.25) is 0 Å². The van der Waals surface area contributed by atoms with Crippen molar-refractivity contribution in [2.45, 2.75) is 13.0 Å². The number of nitrogens with one attached hydrogen (secondary N) is 1. The Labute approximate surface area is 103 Å². The van der Waals surface area contributed by atoms with Crippen LogP contribution >= 0.6 is 11.6 Å². The van der Waals surface area contributed by atoms with Gasteiger partial charge in [0.1, 0.15) is 17.8 Å². The number of halogens is 1. The van der Waals surface area contributed by atoms with Crippen molar-refractivity contribution in [2.75, 3.05) is 5.88 Å². The minimum Gasteiger partial charge on any atom is -0.386 e. The van der Waals surface area contributed by atoms with Crippen LogP contribution in [-0.2, 0) is 0 Å². The summed E-state index contributed by atoms with van der Waals surface area (Å²) in [4.78, 5) is 11.4. The summed E-state index contributed by atoms with van der Waals surface area (Å²) in [5.74, 6) is 1.09. The lowest BCUT2D eigenvalue weighted by Crippen LogP contribution is -2.12. The van der Waals surface area contributed by atoms with Gasteiger partial charge >= 0.3 is 0 Å². The monoisotopic (exact) mass is 252 g/mol. The van der Waals surface area contributed by atoms with Crippen molar-refractivity contribution in [3.8, 4) is 0 Å². The van der Waals surface area contributed by atoms with Crippen LogP contribution in [0.15, 0.2) is 23.2 Å². The maximum absolute atomic E-state index is 9.42. The highest BCUT2D eigenvalue weighted by molar-refractivity contribution is 6.28. The summed E-state index contributed by atoms with van der Waals surface area (Å²) in [5, 5.41) is 9.42. The highest BCUT2D eigenvalue weighted by Gasteiger charge is 2.07. The maximum Gasteiger partial charge on any atom is 0.135 e. The van der Waals surface area contributed by atoms with E-state index in [0.29, 0.717) is 17.3 Å². The third-order valence-corrected chi connectivity index (χ3v) is 2.56. The van der Waals surface area contributed by atoms with Gasteiger partial charge in [-0.05, 0) is 25.1 Å². The van der Waals surface area contributed by atoms with Gasteiger partial charge in [0, 0.05) is 0 Å². The van der Waals surface area contributed by atoms with E-state index in [2.05, 4.69) is 15.0 Å². The van der Waals surface area contributed by atoms with Gasteiger partial charge in [-0.1, -0.05) is 0 Å². The summed E-state index contributed by atoms with van der Waals surface area (Å²) >= 11 is 5.56. The number of imidazole rings is 1. The van der Waals surface area contributed by atoms with Crippen LogP contribution < -0.4 is 5.73 Å². The van der Waals surface area contributed by atoms with Crippen molar-refractivity contribution in [1.29, 1.82) is 0 Å². The summed E-state index contributed by atoms with van der Waals surface area (Å²) in [6.45, 7) is 1.66. The van der Waals surface area contributed by atoms with Gasteiger partial charge in [-0.3, -0.25) is 0 Å². The number of aliphatic hydroxyl groups excluding tert-OH is 1. The molecule has 1 heterocycles. The minimum atomic E-state index is -0.623. The van der Waals surface area contributed by atoms with E-state index in [-0.39, 0.29) is 5.88 Å². The van der Waals surface area contributed by atoms with Gasteiger partial charge in [-0.15, -0.1) is 11.6 Å². The van der Waals surface area contributed by atoms with Crippen LogP contribution in [0.4, 0.5) is 5.69 Å². The lowest BCUT2D eigenvalue weighted by atomic mass is 10.3. The van der Waals surface area contributed by atoms with E-state index in [4.69, 9.17) is 17.3 Å². The molecule has 0 aliphatic heterocycles. The standard InChI is InChI=1S/C11H13ClN4O/c1-6(17)11-15-8-3-2-7(4-9(8)16-11)14-10(13)5-12/h2-4,6,17H,5H2,1H3,(H2,13,14)(H,15,16). The first-order valence-electron chi connectivity index (χ1n) is 5.17. The Balaban J connectivity index is 2.43. The molecule has 0 aliphatic rings. The van der Waals surface area contributed by atoms with Crippen LogP contribution in [0.25, 0.3) is 11.0 Å². The number of alkyl halides is 1. The van der Waals surface area contributed by atoms with Crippen molar-refractivity contribution in [3.05, 3.63) is 24.0 Å². The Hall–Kier alpha value is -1.59. The number of aliphatic hydroxyl groups is 1. The number of hydrogen-bond acceptors (Lipinski definition) is 3. The fourth-order valence-electron chi connectivity index (χ4n) is 1.48. The van der Waals surface area contributed by atoms with E-state index in [9.17, 15) is 5.11 Å². The van der Waals surface area contributed by atoms with Crippen LogP contribution in [0, 0.1) is 0 Å². The van der Waals surface area contributed by atoms with Crippen molar-refractivity contribution in [3.63, 3.8) is 0 Å². The number of nitrogens with zero attached hydrogens (tertiary/aromatic N) is 2. The molecular weight excluding hydrogens is 240 g/mol. The fraction of sp³-hybridized carbons (Fsp3) is 0.273. The van der Waals surface area contributed by atoms with E-state index < -0.39 is 6.10 Å². The average Bonchev–Trinajstić information content (AvgIpc) is 2.72. The van der Waals surface area contributed by atoms with Crippen molar-refractivity contribution < 1.29 is 5.11 Å². The quantitative estimate of drug-likeness (QED) is 0.443. The number of nitrogens with two attached hydrogens (primary N) is 1. The van der Waals surface area contributed by atoms with Gasteiger partial charge in [-0.25, -0.2) is 9.98 Å². The molecule has 0 spiro atoms. The van der Waals surface area contributed by atoms with E-state index in [1.165, 1.54) is 0 Å². The number of amidine groups is 1. The average molecular weight is 253 g/mol. The fourth-order valence-corrected chi connectivity index (χ4v) is 1.54. The number of aliphatic imine (C=N–C) groups is 1. The number of benzene rings is 1. The maximum atomic E-state index is 9.42. The van der Waals surface area contributed by atoms with E-state index >= 15 is 0 Å². The zero-order chi connectivity index (χ0) is 12.4. The van der Waals surface area contributed by atoms with E-state index in [1.807, 2.05) is 12.1 Å². The zero-order valence-electron chi connectivity index (χ0n) is 9.31. The molecule has 17 heavy (non-hydrogen) atoms. The summed E-state index contributed by atoms with van der Waals surface area (Å²) in [7, 11) is 0. The topological polar surface area (TPSA) is 87.3 Å².